The summed E-state index contributed by atoms with van der Waals surface area (Å²) in [5.74, 6) is 0.0692. The standard InChI is InChI=1S/C22H22N2O/c1-4-18-7-5-10-21(13-18)22-12-11-16(2)24(23-22)15-19-8-6-9-20(14-19)17(3)25/h5-14H,2,4,15H2,1,3H3. The van der Waals surface area contributed by atoms with Crippen LogP contribution in [-0.4, -0.2) is 16.5 Å². The van der Waals surface area contributed by atoms with E-state index in [4.69, 9.17) is 5.10 Å². The molecule has 0 amide bonds. The number of carbonyl (C=O) groups excluding carboxylic acids is 1. The van der Waals surface area contributed by atoms with Gasteiger partial charge >= 0.3 is 0 Å². The number of aryl methyl sites for hydroxylation is 1. The Morgan fingerprint density at radius 1 is 1.08 bits per heavy atom. The first-order valence-electron chi connectivity index (χ1n) is 8.49. The number of allylic oxidation sites excluding steroid dienone is 2. The van der Waals surface area contributed by atoms with Crippen molar-refractivity contribution in [3.8, 4) is 0 Å². The highest BCUT2D eigenvalue weighted by molar-refractivity contribution is 6.09. The smallest absolute Gasteiger partial charge is 0.159 e. The van der Waals surface area contributed by atoms with Gasteiger partial charge in [0.1, 0.15) is 0 Å². The fourth-order valence-corrected chi connectivity index (χ4v) is 2.79. The molecule has 0 fully saturated rings. The van der Waals surface area contributed by atoms with E-state index in [1.807, 2.05) is 41.4 Å². The van der Waals surface area contributed by atoms with E-state index >= 15 is 0 Å². The van der Waals surface area contributed by atoms with Crippen molar-refractivity contribution >= 4 is 11.5 Å². The SMILES string of the molecule is C=C1C=CC(c2cccc(CC)c2)=NN1Cc1cccc(C(C)=O)c1. The number of carbonyl (C=O) groups is 1. The van der Waals surface area contributed by atoms with Gasteiger partial charge in [-0.15, -0.1) is 0 Å². The molecule has 25 heavy (non-hydrogen) atoms. The van der Waals surface area contributed by atoms with Gasteiger partial charge in [0, 0.05) is 11.1 Å². The van der Waals surface area contributed by atoms with Crippen molar-refractivity contribution in [3.63, 3.8) is 0 Å². The van der Waals surface area contributed by atoms with Gasteiger partial charge in [0.05, 0.1) is 18.0 Å². The van der Waals surface area contributed by atoms with Crippen molar-refractivity contribution in [2.75, 3.05) is 0 Å². The van der Waals surface area contributed by atoms with Crippen LogP contribution < -0.4 is 0 Å². The minimum Gasteiger partial charge on any atom is -0.295 e. The highest BCUT2D eigenvalue weighted by Gasteiger charge is 2.13. The number of ketones is 1. The highest BCUT2D eigenvalue weighted by atomic mass is 16.1. The lowest BCUT2D eigenvalue weighted by Crippen LogP contribution is -2.21. The number of benzene rings is 2. The van der Waals surface area contributed by atoms with Crippen LogP contribution in [0.2, 0.25) is 0 Å². The van der Waals surface area contributed by atoms with Crippen LogP contribution in [0.3, 0.4) is 0 Å². The summed E-state index contributed by atoms with van der Waals surface area (Å²) in [5.41, 5.74) is 5.91. The Morgan fingerprint density at radius 3 is 2.60 bits per heavy atom. The number of hydrogen-bond donors (Lipinski definition) is 0. The molecule has 0 radical (unpaired) electrons. The second-order valence-corrected chi connectivity index (χ2v) is 6.18. The molecule has 1 heterocycles. The fraction of sp³-hybridized carbons (Fsp3) is 0.182. The lowest BCUT2D eigenvalue weighted by atomic mass is 10.0. The van der Waals surface area contributed by atoms with Gasteiger partial charge in [-0.1, -0.05) is 49.9 Å². The minimum atomic E-state index is 0.0692. The molecule has 0 aliphatic carbocycles. The molecule has 0 bridgehead atoms. The lowest BCUT2D eigenvalue weighted by Gasteiger charge is -2.24. The summed E-state index contributed by atoms with van der Waals surface area (Å²) in [6.07, 6.45) is 4.98. The summed E-state index contributed by atoms with van der Waals surface area (Å²) in [6.45, 7) is 8.39. The van der Waals surface area contributed by atoms with E-state index < -0.39 is 0 Å². The molecule has 2 aromatic rings. The van der Waals surface area contributed by atoms with Crippen molar-refractivity contribution < 1.29 is 4.79 Å². The Balaban J connectivity index is 1.87. The van der Waals surface area contributed by atoms with Crippen LogP contribution >= 0.6 is 0 Å². The summed E-state index contributed by atoms with van der Waals surface area (Å²) in [7, 11) is 0. The molecule has 1 aliphatic heterocycles. The molecule has 0 N–H and O–H groups in total. The maximum Gasteiger partial charge on any atom is 0.159 e. The number of hydrazone groups is 1. The van der Waals surface area contributed by atoms with Gasteiger partial charge in [-0.05, 0) is 48.8 Å². The van der Waals surface area contributed by atoms with Crippen LogP contribution in [0.1, 0.15) is 40.9 Å². The van der Waals surface area contributed by atoms with Crippen LogP contribution in [-0.2, 0) is 13.0 Å². The monoisotopic (exact) mass is 330 g/mol. The molecule has 0 aromatic heterocycles. The normalized spacial score (nSPS) is 13.8. The van der Waals surface area contributed by atoms with Crippen LogP contribution in [0.4, 0.5) is 0 Å². The van der Waals surface area contributed by atoms with Gasteiger partial charge in [0.25, 0.3) is 0 Å². The molecule has 0 atom stereocenters. The van der Waals surface area contributed by atoms with Crippen molar-refractivity contribution in [2.45, 2.75) is 26.8 Å². The van der Waals surface area contributed by atoms with Crippen LogP contribution in [0.25, 0.3) is 0 Å². The van der Waals surface area contributed by atoms with Crippen molar-refractivity contribution in [1.82, 2.24) is 5.01 Å². The van der Waals surface area contributed by atoms with E-state index in [1.165, 1.54) is 5.56 Å². The first kappa shape index (κ1) is 16.9. The van der Waals surface area contributed by atoms with Gasteiger partial charge < -0.3 is 0 Å². The zero-order chi connectivity index (χ0) is 17.8. The van der Waals surface area contributed by atoms with Crippen molar-refractivity contribution in [1.29, 1.82) is 0 Å². The zero-order valence-electron chi connectivity index (χ0n) is 14.7. The summed E-state index contributed by atoms with van der Waals surface area (Å²) < 4.78 is 0. The maximum atomic E-state index is 11.6. The third-order valence-corrected chi connectivity index (χ3v) is 4.29. The molecule has 3 nitrogen and oxygen atoms in total. The molecule has 126 valence electrons. The minimum absolute atomic E-state index is 0.0692. The summed E-state index contributed by atoms with van der Waals surface area (Å²) in [4.78, 5) is 11.6. The van der Waals surface area contributed by atoms with Crippen molar-refractivity contribution in [2.24, 2.45) is 5.10 Å². The summed E-state index contributed by atoms with van der Waals surface area (Å²) in [6, 6.07) is 16.1. The average molecular weight is 330 g/mol. The van der Waals surface area contributed by atoms with E-state index in [0.29, 0.717) is 6.54 Å². The van der Waals surface area contributed by atoms with Crippen LogP contribution in [0.15, 0.2) is 78.1 Å². The number of rotatable bonds is 5. The van der Waals surface area contributed by atoms with E-state index in [9.17, 15) is 4.79 Å². The van der Waals surface area contributed by atoms with Gasteiger partial charge in [-0.3, -0.25) is 9.80 Å². The van der Waals surface area contributed by atoms with Gasteiger partial charge in [-0.2, -0.15) is 5.10 Å². The third kappa shape index (κ3) is 3.94. The van der Waals surface area contributed by atoms with Crippen LogP contribution in [0.5, 0.6) is 0 Å². The van der Waals surface area contributed by atoms with E-state index in [2.05, 4.69) is 37.8 Å². The zero-order valence-corrected chi connectivity index (χ0v) is 14.7. The average Bonchev–Trinajstić information content (AvgIpc) is 2.64. The molecule has 1 aliphatic rings. The van der Waals surface area contributed by atoms with Crippen molar-refractivity contribution in [3.05, 3.63) is 95.2 Å². The third-order valence-electron chi connectivity index (χ3n) is 4.29. The van der Waals surface area contributed by atoms with Gasteiger partial charge in [-0.25, -0.2) is 0 Å². The van der Waals surface area contributed by atoms with E-state index in [1.54, 1.807) is 6.92 Å². The predicted molar refractivity (Wildman–Crippen MR) is 103 cm³/mol. The van der Waals surface area contributed by atoms with E-state index in [-0.39, 0.29) is 5.78 Å². The lowest BCUT2D eigenvalue weighted by molar-refractivity contribution is 0.101. The quantitative estimate of drug-likeness (QED) is 0.742. The fourth-order valence-electron chi connectivity index (χ4n) is 2.79. The second-order valence-electron chi connectivity index (χ2n) is 6.18. The molecular formula is C22H22N2O. The number of Topliss-reactive ketones (excluding diaryl/α,β-unsaturated/α-hetero) is 1. The summed E-state index contributed by atoms with van der Waals surface area (Å²) >= 11 is 0. The van der Waals surface area contributed by atoms with Gasteiger partial charge in [0.15, 0.2) is 5.78 Å². The summed E-state index contributed by atoms with van der Waals surface area (Å²) in [5, 5.41) is 6.64. The molecule has 0 saturated heterocycles. The Kier molecular flexibility index (Phi) is 4.94. The number of hydrogen-bond acceptors (Lipinski definition) is 3. The molecule has 0 saturated carbocycles. The topological polar surface area (TPSA) is 32.7 Å². The Morgan fingerprint density at radius 2 is 1.84 bits per heavy atom. The molecule has 0 unspecified atom stereocenters. The second kappa shape index (κ2) is 7.31. The molecule has 3 heteroatoms. The Bertz CT molecular complexity index is 877. The molecule has 2 aromatic carbocycles. The Hall–Kier alpha value is -2.94. The predicted octanol–water partition coefficient (Wildman–Crippen LogP) is 4.74. The highest BCUT2D eigenvalue weighted by Crippen LogP contribution is 2.19. The molecular weight excluding hydrogens is 308 g/mol. The first-order valence-corrected chi connectivity index (χ1v) is 8.49. The molecule has 3 rings (SSSR count). The Labute approximate surface area is 149 Å². The largest absolute Gasteiger partial charge is 0.295 e. The van der Waals surface area contributed by atoms with Crippen LogP contribution in [0, 0.1) is 0 Å². The first-order chi connectivity index (χ1) is 12.1. The van der Waals surface area contributed by atoms with E-state index in [0.717, 1.165) is 34.5 Å². The molecule has 0 spiro atoms. The maximum absolute atomic E-state index is 11.6. The number of nitrogens with zero attached hydrogens (tertiary/aromatic N) is 2. The van der Waals surface area contributed by atoms with Gasteiger partial charge in [0.2, 0.25) is 0 Å².